The van der Waals surface area contributed by atoms with E-state index in [0.717, 1.165) is 24.9 Å². The van der Waals surface area contributed by atoms with Crippen LogP contribution < -0.4 is 10.6 Å². The first-order valence-corrected chi connectivity index (χ1v) is 8.61. The molecule has 0 saturated carbocycles. The predicted octanol–water partition coefficient (Wildman–Crippen LogP) is 2.01. The molecule has 126 valence electrons. The molecule has 4 heterocycles. The number of benzene rings is 1. The van der Waals surface area contributed by atoms with E-state index in [-0.39, 0.29) is 23.9 Å². The molecule has 2 bridgehead atoms. The molecule has 5 rings (SSSR count). The van der Waals surface area contributed by atoms with E-state index < -0.39 is 5.66 Å². The summed E-state index contributed by atoms with van der Waals surface area (Å²) in [5.41, 5.74) is 1.36. The Hall–Kier alpha value is -2.89. The van der Waals surface area contributed by atoms with Crippen molar-refractivity contribution in [1.82, 2.24) is 15.2 Å². The quantitative estimate of drug-likeness (QED) is 0.837. The van der Waals surface area contributed by atoms with Gasteiger partial charge in [-0.3, -0.25) is 14.6 Å². The van der Waals surface area contributed by atoms with Crippen LogP contribution in [0.3, 0.4) is 0 Å². The summed E-state index contributed by atoms with van der Waals surface area (Å²) in [7, 11) is 0. The summed E-state index contributed by atoms with van der Waals surface area (Å²) >= 11 is 0. The fraction of sp³-hybridized carbons (Fsp3) is 0.316. The SMILES string of the molecule is O=C1N[C@@]2(C[C@@H]3CC[C@@H]2N3C(=O)c2ccccn2)Nc2ccccc21. The third-order valence-electron chi connectivity index (χ3n) is 5.61. The zero-order valence-electron chi connectivity index (χ0n) is 13.6. The molecule has 3 aliphatic rings. The predicted molar refractivity (Wildman–Crippen MR) is 92.1 cm³/mol. The van der Waals surface area contributed by atoms with Gasteiger partial charge in [-0.2, -0.15) is 0 Å². The van der Waals surface area contributed by atoms with E-state index in [4.69, 9.17) is 0 Å². The number of anilines is 1. The van der Waals surface area contributed by atoms with Crippen molar-refractivity contribution in [3.8, 4) is 0 Å². The third kappa shape index (κ3) is 2.00. The number of hydrogen-bond donors (Lipinski definition) is 2. The topological polar surface area (TPSA) is 74.3 Å². The van der Waals surface area contributed by atoms with Gasteiger partial charge in [0.2, 0.25) is 0 Å². The van der Waals surface area contributed by atoms with Gasteiger partial charge in [0.05, 0.1) is 11.6 Å². The van der Waals surface area contributed by atoms with Gasteiger partial charge in [-0.15, -0.1) is 0 Å². The molecule has 2 saturated heterocycles. The van der Waals surface area contributed by atoms with E-state index in [1.165, 1.54) is 0 Å². The summed E-state index contributed by atoms with van der Waals surface area (Å²) in [6, 6.07) is 12.9. The molecule has 6 nitrogen and oxygen atoms in total. The van der Waals surface area contributed by atoms with Gasteiger partial charge in [-0.25, -0.2) is 0 Å². The molecule has 0 radical (unpaired) electrons. The van der Waals surface area contributed by atoms with E-state index in [9.17, 15) is 9.59 Å². The molecule has 2 aromatic rings. The number of carbonyl (C=O) groups is 2. The number of aromatic nitrogens is 1. The number of rotatable bonds is 1. The van der Waals surface area contributed by atoms with Crippen molar-refractivity contribution in [1.29, 1.82) is 0 Å². The lowest BCUT2D eigenvalue weighted by Crippen LogP contribution is -2.64. The summed E-state index contributed by atoms with van der Waals surface area (Å²) in [6.45, 7) is 0. The van der Waals surface area contributed by atoms with Gasteiger partial charge >= 0.3 is 0 Å². The minimum absolute atomic E-state index is 0.0557. The monoisotopic (exact) mass is 334 g/mol. The third-order valence-corrected chi connectivity index (χ3v) is 5.61. The van der Waals surface area contributed by atoms with Crippen LogP contribution in [-0.4, -0.2) is 39.4 Å². The van der Waals surface area contributed by atoms with Crippen LogP contribution >= 0.6 is 0 Å². The minimum atomic E-state index is -0.585. The Bertz CT molecular complexity index is 869. The largest absolute Gasteiger partial charge is 0.360 e. The van der Waals surface area contributed by atoms with Crippen LogP contribution in [0.2, 0.25) is 0 Å². The molecule has 2 N–H and O–H groups in total. The van der Waals surface area contributed by atoms with Gasteiger partial charge in [0.1, 0.15) is 11.4 Å². The summed E-state index contributed by atoms with van der Waals surface area (Å²) in [6.07, 6.45) is 4.19. The number of para-hydroxylation sites is 1. The molecule has 1 aromatic carbocycles. The van der Waals surface area contributed by atoms with Crippen LogP contribution in [0.15, 0.2) is 48.7 Å². The van der Waals surface area contributed by atoms with Gasteiger partial charge < -0.3 is 15.5 Å². The van der Waals surface area contributed by atoms with E-state index in [1.54, 1.807) is 18.3 Å². The Labute approximate surface area is 145 Å². The van der Waals surface area contributed by atoms with Crippen LogP contribution in [0.5, 0.6) is 0 Å². The van der Waals surface area contributed by atoms with Crippen molar-refractivity contribution in [2.24, 2.45) is 0 Å². The second kappa shape index (κ2) is 5.05. The first kappa shape index (κ1) is 14.5. The Morgan fingerprint density at radius 3 is 2.80 bits per heavy atom. The van der Waals surface area contributed by atoms with Gasteiger partial charge in [-0.1, -0.05) is 18.2 Å². The number of fused-ring (bicyclic) bond motifs is 4. The van der Waals surface area contributed by atoms with E-state index in [1.807, 2.05) is 35.2 Å². The number of carbonyl (C=O) groups excluding carboxylic acids is 2. The van der Waals surface area contributed by atoms with Gasteiger partial charge in [0.25, 0.3) is 11.8 Å². The highest BCUT2D eigenvalue weighted by molar-refractivity contribution is 6.02. The maximum atomic E-state index is 13.0. The highest BCUT2D eigenvalue weighted by Gasteiger charge is 2.60. The Kier molecular flexibility index (Phi) is 2.92. The molecule has 6 heteroatoms. The molecule has 25 heavy (non-hydrogen) atoms. The number of hydrogen-bond acceptors (Lipinski definition) is 4. The van der Waals surface area contributed by atoms with Crippen LogP contribution in [0.1, 0.15) is 40.1 Å². The highest BCUT2D eigenvalue weighted by atomic mass is 16.2. The average Bonchev–Trinajstić information content (AvgIpc) is 3.17. The molecule has 0 unspecified atom stereocenters. The molecule has 0 aliphatic carbocycles. The van der Waals surface area contributed by atoms with E-state index in [0.29, 0.717) is 11.3 Å². The zero-order chi connectivity index (χ0) is 17.0. The van der Waals surface area contributed by atoms with E-state index in [2.05, 4.69) is 15.6 Å². The van der Waals surface area contributed by atoms with Gasteiger partial charge in [-0.05, 0) is 37.1 Å². The van der Waals surface area contributed by atoms with E-state index >= 15 is 0 Å². The molecule has 1 aromatic heterocycles. The van der Waals surface area contributed by atoms with Crippen molar-refractivity contribution in [2.75, 3.05) is 5.32 Å². The van der Waals surface area contributed by atoms with Crippen LogP contribution in [0.25, 0.3) is 0 Å². The molecule has 2 amide bonds. The summed E-state index contributed by atoms with van der Waals surface area (Å²) < 4.78 is 0. The lowest BCUT2D eigenvalue weighted by molar-refractivity contribution is 0.0686. The van der Waals surface area contributed by atoms with Crippen molar-refractivity contribution in [3.63, 3.8) is 0 Å². The smallest absolute Gasteiger partial charge is 0.273 e. The molecular weight excluding hydrogens is 316 g/mol. The number of nitrogens with zero attached hydrogens (tertiary/aromatic N) is 2. The average molecular weight is 334 g/mol. The second-order valence-electron chi connectivity index (χ2n) is 6.97. The van der Waals surface area contributed by atoms with Gasteiger partial charge in [0, 0.05) is 24.3 Å². The Balaban J connectivity index is 1.50. The second-order valence-corrected chi connectivity index (χ2v) is 6.97. The van der Waals surface area contributed by atoms with Crippen molar-refractivity contribution in [3.05, 3.63) is 59.9 Å². The first-order valence-electron chi connectivity index (χ1n) is 8.61. The van der Waals surface area contributed by atoms with Crippen LogP contribution in [-0.2, 0) is 0 Å². The standard InChI is InChI=1S/C19H18N4O2/c24-17-13-5-1-2-6-14(13)21-19(22-17)11-12-8-9-16(19)23(12)18(25)15-7-3-4-10-20-15/h1-7,10,12,16,21H,8-9,11H2,(H,22,24)/t12-,16-,19+/m0/s1. The molecule has 3 atom stereocenters. The first-order chi connectivity index (χ1) is 12.2. The van der Waals surface area contributed by atoms with Gasteiger partial charge in [0.15, 0.2) is 0 Å². The lowest BCUT2D eigenvalue weighted by atomic mass is 9.86. The van der Waals surface area contributed by atoms with Crippen LogP contribution in [0.4, 0.5) is 5.69 Å². The fourth-order valence-corrected chi connectivity index (χ4v) is 4.60. The number of amides is 2. The normalized spacial score (nSPS) is 29.3. The zero-order valence-corrected chi connectivity index (χ0v) is 13.6. The Morgan fingerprint density at radius 2 is 1.96 bits per heavy atom. The minimum Gasteiger partial charge on any atom is -0.360 e. The summed E-state index contributed by atoms with van der Waals surface area (Å²) in [5.74, 6) is -0.132. The number of nitrogens with one attached hydrogen (secondary N) is 2. The molecule has 1 spiro atoms. The molecule has 2 fully saturated rings. The number of pyridine rings is 1. The Morgan fingerprint density at radius 1 is 1.12 bits per heavy atom. The lowest BCUT2D eigenvalue weighted by Gasteiger charge is -2.43. The van der Waals surface area contributed by atoms with Crippen molar-refractivity contribution in [2.45, 2.75) is 37.0 Å². The van der Waals surface area contributed by atoms with Crippen molar-refractivity contribution >= 4 is 17.5 Å². The summed E-state index contributed by atoms with van der Waals surface area (Å²) in [5, 5.41) is 6.68. The summed E-state index contributed by atoms with van der Waals surface area (Å²) in [4.78, 5) is 31.7. The highest BCUT2D eigenvalue weighted by Crippen LogP contribution is 2.46. The maximum absolute atomic E-state index is 13.0. The fourth-order valence-electron chi connectivity index (χ4n) is 4.60. The maximum Gasteiger partial charge on any atom is 0.273 e. The molecule has 3 aliphatic heterocycles. The van der Waals surface area contributed by atoms with Crippen molar-refractivity contribution < 1.29 is 9.59 Å². The molecular formula is C19H18N4O2. The van der Waals surface area contributed by atoms with Crippen LogP contribution in [0, 0.1) is 0 Å².